The average Bonchev–Trinajstić information content (AvgIpc) is 2.83. The summed E-state index contributed by atoms with van der Waals surface area (Å²) in [5.74, 6) is 0.535. The van der Waals surface area contributed by atoms with E-state index in [4.69, 9.17) is 5.26 Å². The first-order valence-corrected chi connectivity index (χ1v) is 4.65. The van der Waals surface area contributed by atoms with E-state index >= 15 is 0 Å². The maximum absolute atomic E-state index is 8.89. The second-order valence-corrected chi connectivity index (χ2v) is 3.17. The van der Waals surface area contributed by atoms with Gasteiger partial charge < -0.3 is 5.32 Å². The van der Waals surface area contributed by atoms with Crippen LogP contribution in [0.5, 0.6) is 0 Å². The van der Waals surface area contributed by atoms with Crippen molar-refractivity contribution in [2.75, 3.05) is 5.32 Å². The van der Waals surface area contributed by atoms with Crippen LogP contribution in [0, 0.1) is 11.3 Å². The summed E-state index contributed by atoms with van der Waals surface area (Å²) < 4.78 is 0. The van der Waals surface area contributed by atoms with E-state index in [-0.39, 0.29) is 6.04 Å². The number of tetrazole rings is 1. The first-order valence-electron chi connectivity index (χ1n) is 4.65. The molecule has 1 atom stereocenters. The van der Waals surface area contributed by atoms with Gasteiger partial charge in [0.2, 0.25) is 0 Å². The second-order valence-electron chi connectivity index (χ2n) is 3.17. The zero-order valence-corrected chi connectivity index (χ0v) is 8.55. The van der Waals surface area contributed by atoms with Crippen molar-refractivity contribution in [3.63, 3.8) is 0 Å². The van der Waals surface area contributed by atoms with Gasteiger partial charge in [0.25, 0.3) is 0 Å². The summed E-state index contributed by atoms with van der Waals surface area (Å²) in [5, 5.41) is 25.5. The zero-order valence-electron chi connectivity index (χ0n) is 8.55. The number of hydrogen-bond acceptors (Lipinski definition) is 6. The fourth-order valence-corrected chi connectivity index (χ4v) is 1.26. The fourth-order valence-electron chi connectivity index (χ4n) is 1.26. The van der Waals surface area contributed by atoms with Crippen LogP contribution in [0.4, 0.5) is 5.69 Å². The van der Waals surface area contributed by atoms with Crippen molar-refractivity contribution in [1.82, 2.24) is 25.6 Å². The van der Waals surface area contributed by atoms with Gasteiger partial charge in [-0.05, 0) is 13.0 Å². The highest BCUT2D eigenvalue weighted by Gasteiger charge is 2.11. The third-order valence-electron chi connectivity index (χ3n) is 2.06. The molecule has 0 fully saturated rings. The maximum atomic E-state index is 8.89. The van der Waals surface area contributed by atoms with Gasteiger partial charge in [-0.25, -0.2) is 0 Å². The summed E-state index contributed by atoms with van der Waals surface area (Å²) in [6.45, 7) is 1.87. The standard InChI is InChI=1S/C9H9N7/c1-6(9-13-15-16-14-9)12-8-5-11-3-2-7(8)4-10/h2-3,5-6,12H,1H3,(H,13,14,15,16). The molecule has 0 saturated carbocycles. The molecule has 2 N–H and O–H groups in total. The molecule has 2 aromatic heterocycles. The van der Waals surface area contributed by atoms with Crippen molar-refractivity contribution in [2.45, 2.75) is 13.0 Å². The Morgan fingerprint density at radius 1 is 1.56 bits per heavy atom. The van der Waals surface area contributed by atoms with Crippen LogP contribution in [0.3, 0.4) is 0 Å². The molecule has 2 rings (SSSR count). The minimum absolute atomic E-state index is 0.143. The lowest BCUT2D eigenvalue weighted by Gasteiger charge is -2.11. The molecule has 0 aromatic carbocycles. The van der Waals surface area contributed by atoms with Crippen LogP contribution in [-0.2, 0) is 0 Å². The van der Waals surface area contributed by atoms with Crippen LogP contribution in [0.15, 0.2) is 18.5 Å². The van der Waals surface area contributed by atoms with Gasteiger partial charge in [-0.1, -0.05) is 5.21 Å². The Balaban J connectivity index is 2.19. The number of rotatable bonds is 3. The predicted octanol–water partition coefficient (Wildman–Crippen LogP) is 0.639. The van der Waals surface area contributed by atoms with Gasteiger partial charge >= 0.3 is 0 Å². The summed E-state index contributed by atoms with van der Waals surface area (Å²) >= 11 is 0. The van der Waals surface area contributed by atoms with Crippen LogP contribution in [0.1, 0.15) is 24.4 Å². The summed E-state index contributed by atoms with van der Waals surface area (Å²) in [4.78, 5) is 3.95. The topological polar surface area (TPSA) is 103 Å². The highest BCUT2D eigenvalue weighted by molar-refractivity contribution is 5.55. The molecule has 0 aliphatic rings. The van der Waals surface area contributed by atoms with Gasteiger partial charge in [0, 0.05) is 6.20 Å². The van der Waals surface area contributed by atoms with Gasteiger partial charge in [-0.3, -0.25) is 4.98 Å². The molecule has 2 heterocycles. The largest absolute Gasteiger partial charge is 0.373 e. The SMILES string of the molecule is CC(Nc1cnccc1C#N)c1nn[nH]n1. The number of nitrogens with zero attached hydrogens (tertiary/aromatic N) is 5. The number of pyridine rings is 1. The van der Waals surface area contributed by atoms with Gasteiger partial charge in [-0.15, -0.1) is 10.2 Å². The molecule has 2 aromatic rings. The van der Waals surface area contributed by atoms with Gasteiger partial charge in [0.05, 0.1) is 23.5 Å². The van der Waals surface area contributed by atoms with Crippen LogP contribution < -0.4 is 5.32 Å². The van der Waals surface area contributed by atoms with E-state index in [9.17, 15) is 0 Å². The maximum Gasteiger partial charge on any atom is 0.196 e. The molecule has 0 aliphatic heterocycles. The molecule has 1 unspecified atom stereocenters. The predicted molar refractivity (Wildman–Crippen MR) is 55.2 cm³/mol. The minimum Gasteiger partial charge on any atom is -0.373 e. The minimum atomic E-state index is -0.143. The molecule has 0 spiro atoms. The molecule has 0 aliphatic carbocycles. The number of aromatic amines is 1. The van der Waals surface area contributed by atoms with E-state index in [0.717, 1.165) is 0 Å². The number of aromatic nitrogens is 5. The van der Waals surface area contributed by atoms with Crippen molar-refractivity contribution < 1.29 is 0 Å². The highest BCUT2D eigenvalue weighted by Crippen LogP contribution is 2.18. The first-order chi connectivity index (χ1) is 7.81. The number of H-pyrrole nitrogens is 1. The van der Waals surface area contributed by atoms with Crippen molar-refractivity contribution in [1.29, 1.82) is 5.26 Å². The Morgan fingerprint density at radius 2 is 2.44 bits per heavy atom. The lowest BCUT2D eigenvalue weighted by atomic mass is 10.2. The quantitative estimate of drug-likeness (QED) is 0.778. The third-order valence-corrected chi connectivity index (χ3v) is 2.06. The number of nitriles is 1. The van der Waals surface area contributed by atoms with Crippen molar-refractivity contribution in [3.05, 3.63) is 29.8 Å². The summed E-state index contributed by atoms with van der Waals surface area (Å²) in [7, 11) is 0. The Kier molecular flexibility index (Phi) is 2.73. The van der Waals surface area contributed by atoms with Crippen LogP contribution in [0.25, 0.3) is 0 Å². The Bertz CT molecular complexity index is 499. The van der Waals surface area contributed by atoms with Gasteiger partial charge in [-0.2, -0.15) is 10.5 Å². The Labute approximate surface area is 91.5 Å². The van der Waals surface area contributed by atoms with E-state index in [0.29, 0.717) is 17.1 Å². The average molecular weight is 215 g/mol. The van der Waals surface area contributed by atoms with E-state index < -0.39 is 0 Å². The Hall–Kier alpha value is -2.49. The van der Waals surface area contributed by atoms with Crippen molar-refractivity contribution in [3.8, 4) is 6.07 Å². The second kappa shape index (κ2) is 4.35. The summed E-state index contributed by atoms with van der Waals surface area (Å²) in [5.41, 5.74) is 1.19. The van der Waals surface area contributed by atoms with Crippen LogP contribution in [0.2, 0.25) is 0 Å². The molecule has 0 bridgehead atoms. The lowest BCUT2D eigenvalue weighted by molar-refractivity contribution is 0.792. The first kappa shape index (κ1) is 10.0. The van der Waals surface area contributed by atoms with E-state index in [2.05, 4.69) is 37.0 Å². The summed E-state index contributed by atoms with van der Waals surface area (Å²) in [6, 6.07) is 3.58. The number of anilines is 1. The van der Waals surface area contributed by atoms with Gasteiger partial charge in [0.1, 0.15) is 6.07 Å². The number of nitrogens with one attached hydrogen (secondary N) is 2. The lowest BCUT2D eigenvalue weighted by Crippen LogP contribution is -2.09. The molecule has 16 heavy (non-hydrogen) atoms. The van der Waals surface area contributed by atoms with Crippen molar-refractivity contribution >= 4 is 5.69 Å². The molecule has 0 radical (unpaired) electrons. The third kappa shape index (κ3) is 1.95. The molecule has 0 amide bonds. The molecule has 7 nitrogen and oxygen atoms in total. The van der Waals surface area contributed by atoms with E-state index in [1.807, 2.05) is 6.92 Å². The molecule has 80 valence electrons. The van der Waals surface area contributed by atoms with Crippen LogP contribution in [-0.4, -0.2) is 25.6 Å². The smallest absolute Gasteiger partial charge is 0.196 e. The molecule has 7 heteroatoms. The highest BCUT2D eigenvalue weighted by atomic mass is 15.5. The fraction of sp³-hybridized carbons (Fsp3) is 0.222. The van der Waals surface area contributed by atoms with Gasteiger partial charge in [0.15, 0.2) is 5.82 Å². The van der Waals surface area contributed by atoms with Crippen molar-refractivity contribution in [2.24, 2.45) is 0 Å². The van der Waals surface area contributed by atoms with E-state index in [1.54, 1.807) is 18.5 Å². The van der Waals surface area contributed by atoms with Crippen LogP contribution >= 0.6 is 0 Å². The monoisotopic (exact) mass is 215 g/mol. The zero-order chi connectivity index (χ0) is 11.4. The van der Waals surface area contributed by atoms with E-state index in [1.165, 1.54) is 0 Å². The molecular weight excluding hydrogens is 206 g/mol. The molecule has 0 saturated heterocycles. The number of hydrogen-bond donors (Lipinski definition) is 2. The summed E-state index contributed by atoms with van der Waals surface area (Å²) in [6.07, 6.45) is 3.16. The molecular formula is C9H9N7. The normalized spacial score (nSPS) is 11.8. The Morgan fingerprint density at radius 3 is 3.12 bits per heavy atom.